The van der Waals surface area contributed by atoms with Crippen LogP contribution in [0.3, 0.4) is 0 Å². The zero-order chi connectivity index (χ0) is 19.7. The van der Waals surface area contributed by atoms with Gasteiger partial charge in [-0.25, -0.2) is 9.59 Å². The molecule has 0 aliphatic carbocycles. The van der Waals surface area contributed by atoms with Gasteiger partial charge in [0.05, 0.1) is 0 Å². The Morgan fingerprint density at radius 3 is 2.30 bits per heavy atom. The Morgan fingerprint density at radius 2 is 1.74 bits per heavy atom. The zero-order valence-electron chi connectivity index (χ0n) is 13.8. The smallest absolute Gasteiger partial charge is 0.335 e. The number of aliphatic carboxylic acids is 1. The van der Waals surface area contributed by atoms with Gasteiger partial charge in [-0.2, -0.15) is 0 Å². The second-order valence-electron chi connectivity index (χ2n) is 6.22. The highest BCUT2D eigenvalue weighted by molar-refractivity contribution is 6.04. The average molecular weight is 382 g/mol. The fraction of sp³-hybridized carbons (Fsp3) is 0.438. The highest BCUT2D eigenvalue weighted by Crippen LogP contribution is 2.25. The van der Waals surface area contributed by atoms with Crippen LogP contribution in [0.2, 0.25) is 0 Å². The third-order valence-electron chi connectivity index (χ3n) is 4.29. The summed E-state index contributed by atoms with van der Waals surface area (Å²) in [5, 5.41) is 43.0. The molecule has 0 saturated carbocycles. The Balaban J connectivity index is 1.64. The van der Waals surface area contributed by atoms with Crippen molar-refractivity contribution in [2.24, 2.45) is 0 Å². The number of hydrogen-bond acceptors (Lipinski definition) is 8. The quantitative estimate of drug-likeness (QED) is 0.306. The Hall–Kier alpha value is -2.73. The second kappa shape index (κ2) is 7.48. The van der Waals surface area contributed by atoms with Crippen LogP contribution in [0.5, 0.6) is 5.75 Å². The van der Waals surface area contributed by atoms with E-state index in [9.17, 15) is 29.7 Å². The molecule has 2 aliphatic rings. The van der Waals surface area contributed by atoms with E-state index in [0.29, 0.717) is 5.56 Å². The van der Waals surface area contributed by atoms with Crippen LogP contribution in [-0.2, 0) is 20.7 Å². The topological polar surface area (TPSA) is 175 Å². The molecule has 1 aromatic carbocycles. The van der Waals surface area contributed by atoms with E-state index in [1.165, 1.54) is 12.1 Å². The van der Waals surface area contributed by atoms with E-state index in [1.807, 2.05) is 0 Å². The molecule has 2 aliphatic heterocycles. The first-order valence-corrected chi connectivity index (χ1v) is 8.05. The van der Waals surface area contributed by atoms with Crippen molar-refractivity contribution in [3.05, 3.63) is 29.8 Å². The number of hydrogen-bond donors (Lipinski definition) is 6. The van der Waals surface area contributed by atoms with Gasteiger partial charge in [0.2, 0.25) is 6.29 Å². The minimum atomic E-state index is -1.80. The molecule has 0 spiro atoms. The monoisotopic (exact) mass is 382 g/mol. The van der Waals surface area contributed by atoms with Gasteiger partial charge in [0.15, 0.2) is 6.10 Å². The standard InChI is InChI=1S/C16H18N2O9/c19-9-10(20)12(14(23)24)27-15(11(9)21)26-7-3-1-6(2-4-7)5-8-13(22)18-16(25)17-8/h1-4,8-12,15,19-21H,5H2,(H,23,24)(H2,17,18,22,25)/t8-,9-,10-,11+,12-,15+/m0/s1. The van der Waals surface area contributed by atoms with Gasteiger partial charge in [-0.15, -0.1) is 0 Å². The number of benzene rings is 1. The molecule has 0 unspecified atom stereocenters. The predicted octanol–water partition coefficient (Wildman–Crippen LogP) is -2.29. The third-order valence-corrected chi connectivity index (χ3v) is 4.29. The number of carbonyl (C=O) groups is 3. The van der Waals surface area contributed by atoms with Gasteiger partial charge >= 0.3 is 12.0 Å². The number of nitrogens with one attached hydrogen (secondary N) is 2. The van der Waals surface area contributed by atoms with Crippen LogP contribution >= 0.6 is 0 Å². The van der Waals surface area contributed by atoms with Crippen molar-refractivity contribution in [1.82, 2.24) is 10.6 Å². The summed E-state index contributed by atoms with van der Waals surface area (Å²) in [7, 11) is 0. The predicted molar refractivity (Wildman–Crippen MR) is 85.6 cm³/mol. The van der Waals surface area contributed by atoms with Gasteiger partial charge in [-0.3, -0.25) is 10.1 Å². The average Bonchev–Trinajstić information content (AvgIpc) is 2.93. The van der Waals surface area contributed by atoms with Gasteiger partial charge in [0.25, 0.3) is 5.91 Å². The van der Waals surface area contributed by atoms with Crippen molar-refractivity contribution in [3.8, 4) is 5.75 Å². The van der Waals surface area contributed by atoms with E-state index in [4.69, 9.17) is 14.6 Å². The van der Waals surface area contributed by atoms with Crippen molar-refractivity contribution in [1.29, 1.82) is 0 Å². The van der Waals surface area contributed by atoms with Gasteiger partial charge in [-0.05, 0) is 17.7 Å². The molecule has 2 fully saturated rings. The molecular formula is C16H18N2O9. The normalized spacial score (nSPS) is 33.3. The lowest BCUT2D eigenvalue weighted by Crippen LogP contribution is -2.61. The van der Waals surface area contributed by atoms with E-state index >= 15 is 0 Å². The lowest BCUT2D eigenvalue weighted by Gasteiger charge is -2.38. The summed E-state index contributed by atoms with van der Waals surface area (Å²) < 4.78 is 10.4. The molecule has 27 heavy (non-hydrogen) atoms. The molecule has 0 aromatic heterocycles. The minimum absolute atomic E-state index is 0.204. The summed E-state index contributed by atoms with van der Waals surface area (Å²) in [6, 6.07) is 4.98. The number of aliphatic hydroxyl groups is 3. The number of amides is 3. The highest BCUT2D eigenvalue weighted by atomic mass is 16.7. The molecule has 1 aromatic rings. The van der Waals surface area contributed by atoms with E-state index in [0.717, 1.165) is 0 Å². The van der Waals surface area contributed by atoms with E-state index in [-0.39, 0.29) is 12.2 Å². The molecule has 2 saturated heterocycles. The molecule has 6 N–H and O–H groups in total. The summed E-state index contributed by atoms with van der Waals surface area (Å²) in [6.07, 6.45) is -8.21. The van der Waals surface area contributed by atoms with Crippen molar-refractivity contribution in [3.63, 3.8) is 0 Å². The van der Waals surface area contributed by atoms with Crippen molar-refractivity contribution >= 4 is 17.9 Å². The fourth-order valence-corrected chi connectivity index (χ4v) is 2.83. The maximum Gasteiger partial charge on any atom is 0.335 e. The SMILES string of the molecule is O=C1NC(=O)[C@H](Cc2ccc(O[C@@H]3O[C@H](C(=O)O)[C@@H](O)[C@H](O)[C@H]3O)cc2)N1. The highest BCUT2D eigenvalue weighted by Gasteiger charge is 2.48. The van der Waals surface area contributed by atoms with Crippen molar-refractivity contribution in [2.45, 2.75) is 43.2 Å². The molecule has 2 heterocycles. The molecule has 3 amide bonds. The van der Waals surface area contributed by atoms with E-state index in [2.05, 4.69) is 10.6 Å². The molecule has 0 radical (unpaired) electrons. The molecule has 11 heteroatoms. The Labute approximate surface area is 152 Å². The molecule has 11 nitrogen and oxygen atoms in total. The van der Waals surface area contributed by atoms with Crippen molar-refractivity contribution < 1.29 is 44.3 Å². The Bertz CT molecular complexity index is 738. The lowest BCUT2D eigenvalue weighted by atomic mass is 9.99. The third kappa shape index (κ3) is 4.01. The summed E-state index contributed by atoms with van der Waals surface area (Å²) in [4.78, 5) is 33.7. The van der Waals surface area contributed by atoms with Gasteiger partial charge in [0.1, 0.15) is 30.1 Å². The first kappa shape index (κ1) is 19.0. The number of imide groups is 1. The number of urea groups is 1. The van der Waals surface area contributed by atoms with E-state index < -0.39 is 54.7 Å². The summed E-state index contributed by atoms with van der Waals surface area (Å²) in [5.74, 6) is -1.73. The Kier molecular flexibility index (Phi) is 5.28. The largest absolute Gasteiger partial charge is 0.479 e. The maximum absolute atomic E-state index is 11.5. The van der Waals surface area contributed by atoms with Crippen LogP contribution in [0.1, 0.15) is 5.56 Å². The molecule has 6 atom stereocenters. The molecular weight excluding hydrogens is 364 g/mol. The molecule has 146 valence electrons. The Morgan fingerprint density at radius 1 is 1.07 bits per heavy atom. The van der Waals surface area contributed by atoms with Crippen LogP contribution in [0, 0.1) is 0 Å². The van der Waals surface area contributed by atoms with Crippen LogP contribution in [-0.4, -0.2) is 75.1 Å². The number of aliphatic hydroxyl groups excluding tert-OH is 3. The fourth-order valence-electron chi connectivity index (χ4n) is 2.83. The molecule has 3 rings (SSSR count). The number of carboxylic acids is 1. The van der Waals surface area contributed by atoms with Crippen LogP contribution in [0.25, 0.3) is 0 Å². The minimum Gasteiger partial charge on any atom is -0.479 e. The summed E-state index contributed by atoms with van der Waals surface area (Å²) in [5.41, 5.74) is 0.716. The van der Waals surface area contributed by atoms with Crippen LogP contribution in [0.4, 0.5) is 4.79 Å². The van der Waals surface area contributed by atoms with Gasteiger partial charge < -0.3 is 35.2 Å². The molecule has 0 bridgehead atoms. The summed E-state index contributed by atoms with van der Waals surface area (Å²) in [6.45, 7) is 0. The maximum atomic E-state index is 11.5. The lowest BCUT2D eigenvalue weighted by molar-refractivity contribution is -0.271. The number of ether oxygens (including phenoxy) is 2. The van der Waals surface area contributed by atoms with Gasteiger partial charge in [-0.1, -0.05) is 12.1 Å². The van der Waals surface area contributed by atoms with Gasteiger partial charge in [0, 0.05) is 6.42 Å². The summed E-state index contributed by atoms with van der Waals surface area (Å²) >= 11 is 0. The first-order chi connectivity index (χ1) is 12.8. The number of rotatable bonds is 5. The van der Waals surface area contributed by atoms with E-state index in [1.54, 1.807) is 12.1 Å². The van der Waals surface area contributed by atoms with Crippen LogP contribution < -0.4 is 15.4 Å². The second-order valence-corrected chi connectivity index (χ2v) is 6.22. The first-order valence-electron chi connectivity index (χ1n) is 8.05. The van der Waals surface area contributed by atoms with Crippen LogP contribution in [0.15, 0.2) is 24.3 Å². The van der Waals surface area contributed by atoms with Crippen molar-refractivity contribution in [2.75, 3.05) is 0 Å². The number of carbonyl (C=O) groups excluding carboxylic acids is 2. The number of carboxylic acid groups (broad SMARTS) is 1. The zero-order valence-corrected chi connectivity index (χ0v) is 13.8.